The van der Waals surface area contributed by atoms with E-state index < -0.39 is 0 Å². The van der Waals surface area contributed by atoms with Gasteiger partial charge in [-0.25, -0.2) is 9.97 Å². The predicted octanol–water partition coefficient (Wildman–Crippen LogP) is 2.27. The molecule has 0 unspecified atom stereocenters. The number of benzene rings is 1. The Bertz CT molecular complexity index is 698. The van der Waals surface area contributed by atoms with E-state index in [2.05, 4.69) is 15.3 Å². The summed E-state index contributed by atoms with van der Waals surface area (Å²) in [5.74, 6) is 1.83. The molecule has 1 aliphatic heterocycles. The van der Waals surface area contributed by atoms with Crippen molar-refractivity contribution in [3.63, 3.8) is 0 Å². The smallest absolute Gasteiger partial charge is 0.244 e. The molecule has 21 heavy (non-hydrogen) atoms. The number of nitrogen functional groups attached to an aromatic ring is 1. The van der Waals surface area contributed by atoms with Crippen LogP contribution in [-0.2, 0) is 4.79 Å². The largest absolute Gasteiger partial charge is 0.384 e. The Balaban J connectivity index is 2.10. The molecule has 1 aromatic heterocycles. The van der Waals surface area contributed by atoms with Crippen LogP contribution >= 0.6 is 0 Å². The second-order valence-electron chi connectivity index (χ2n) is 5.32. The summed E-state index contributed by atoms with van der Waals surface area (Å²) in [5, 5.41) is 2.86. The molecule has 0 radical (unpaired) electrons. The Hall–Kier alpha value is -2.63. The van der Waals surface area contributed by atoms with E-state index in [0.717, 1.165) is 11.4 Å². The summed E-state index contributed by atoms with van der Waals surface area (Å²) in [7, 11) is 0. The summed E-state index contributed by atoms with van der Waals surface area (Å²) in [6.45, 7) is 4.23. The number of carbonyl (C=O) groups is 1. The second-order valence-corrected chi connectivity index (χ2v) is 5.32. The monoisotopic (exact) mass is 283 g/mol. The number of amides is 1. The van der Waals surface area contributed by atoms with Gasteiger partial charge in [-0.2, -0.15) is 0 Å². The highest BCUT2D eigenvalue weighted by molar-refractivity contribution is 6.02. The molecular weight excluding hydrogens is 266 g/mol. The summed E-state index contributed by atoms with van der Waals surface area (Å²) in [5.41, 5.74) is 7.56. The highest BCUT2D eigenvalue weighted by Gasteiger charge is 2.24. The zero-order valence-corrected chi connectivity index (χ0v) is 12.0. The lowest BCUT2D eigenvalue weighted by molar-refractivity contribution is -0.115. The number of aromatic nitrogens is 2. The molecule has 1 amide bonds. The topological polar surface area (TPSA) is 84.1 Å². The van der Waals surface area contributed by atoms with Gasteiger partial charge in [-0.15, -0.1) is 0 Å². The normalized spacial score (nSPS) is 14.0. The number of hydrogen-bond acceptors (Lipinski definition) is 5. The number of fused-ring (bicyclic) bond motifs is 1. The first kappa shape index (κ1) is 13.4. The molecule has 0 saturated carbocycles. The van der Waals surface area contributed by atoms with E-state index >= 15 is 0 Å². The summed E-state index contributed by atoms with van der Waals surface area (Å²) in [4.78, 5) is 22.5. The van der Waals surface area contributed by atoms with Crippen LogP contribution < -0.4 is 16.0 Å². The van der Waals surface area contributed by atoms with Gasteiger partial charge in [0.05, 0.1) is 11.4 Å². The van der Waals surface area contributed by atoms with Gasteiger partial charge in [-0.05, 0) is 12.1 Å². The fourth-order valence-electron chi connectivity index (χ4n) is 2.31. The molecule has 0 fully saturated rings. The quantitative estimate of drug-likeness (QED) is 0.883. The molecule has 0 atom stereocenters. The first-order chi connectivity index (χ1) is 10.0. The standard InChI is InChI=1S/C15H17N5O/c1-9(2)15-18-12(16)7-13(19-15)20-8-14(21)17-10-5-3-4-6-11(10)20/h3-7,9H,8H2,1-2H3,(H,17,21)(H2,16,18,19). The molecule has 2 aromatic rings. The molecule has 1 aromatic carbocycles. The van der Waals surface area contributed by atoms with Crippen molar-refractivity contribution in [3.05, 3.63) is 36.2 Å². The number of nitrogens with one attached hydrogen (secondary N) is 1. The van der Waals surface area contributed by atoms with Gasteiger partial charge in [0, 0.05) is 12.0 Å². The van der Waals surface area contributed by atoms with E-state index in [1.165, 1.54) is 0 Å². The third kappa shape index (κ3) is 2.52. The summed E-state index contributed by atoms with van der Waals surface area (Å²) < 4.78 is 0. The Kier molecular flexibility index (Phi) is 3.21. The van der Waals surface area contributed by atoms with E-state index in [4.69, 9.17) is 5.73 Å². The maximum Gasteiger partial charge on any atom is 0.244 e. The summed E-state index contributed by atoms with van der Waals surface area (Å²) in [6.07, 6.45) is 0. The molecule has 108 valence electrons. The van der Waals surface area contributed by atoms with Crippen LogP contribution in [0.5, 0.6) is 0 Å². The van der Waals surface area contributed by atoms with Crippen molar-refractivity contribution in [1.29, 1.82) is 0 Å². The first-order valence-corrected chi connectivity index (χ1v) is 6.85. The highest BCUT2D eigenvalue weighted by atomic mass is 16.2. The molecule has 6 nitrogen and oxygen atoms in total. The van der Waals surface area contributed by atoms with Crippen molar-refractivity contribution in [3.8, 4) is 0 Å². The van der Waals surface area contributed by atoms with E-state index in [9.17, 15) is 4.79 Å². The lowest BCUT2D eigenvalue weighted by atomic mass is 10.2. The zero-order chi connectivity index (χ0) is 15.0. The lowest BCUT2D eigenvalue weighted by Crippen LogP contribution is -2.35. The Morgan fingerprint density at radius 3 is 2.81 bits per heavy atom. The second kappa shape index (κ2) is 5.05. The van der Waals surface area contributed by atoms with E-state index in [1.807, 2.05) is 43.0 Å². The summed E-state index contributed by atoms with van der Waals surface area (Å²) >= 11 is 0. The van der Waals surface area contributed by atoms with Crippen molar-refractivity contribution >= 4 is 28.9 Å². The number of rotatable bonds is 2. The number of hydrogen-bond donors (Lipinski definition) is 2. The van der Waals surface area contributed by atoms with Gasteiger partial charge in [0.2, 0.25) is 5.91 Å². The Morgan fingerprint density at radius 2 is 2.05 bits per heavy atom. The van der Waals surface area contributed by atoms with Gasteiger partial charge in [0.25, 0.3) is 0 Å². The molecule has 3 rings (SSSR count). The minimum atomic E-state index is -0.0722. The maximum absolute atomic E-state index is 11.9. The molecule has 3 N–H and O–H groups in total. The minimum Gasteiger partial charge on any atom is -0.384 e. The number of para-hydroxylation sites is 2. The maximum atomic E-state index is 11.9. The van der Waals surface area contributed by atoms with Gasteiger partial charge in [-0.3, -0.25) is 4.79 Å². The van der Waals surface area contributed by atoms with Crippen LogP contribution in [-0.4, -0.2) is 22.4 Å². The van der Waals surface area contributed by atoms with Gasteiger partial charge in [-0.1, -0.05) is 26.0 Å². The van der Waals surface area contributed by atoms with Crippen molar-refractivity contribution < 1.29 is 4.79 Å². The highest BCUT2D eigenvalue weighted by Crippen LogP contribution is 2.34. The van der Waals surface area contributed by atoms with Crippen molar-refractivity contribution in [1.82, 2.24) is 9.97 Å². The van der Waals surface area contributed by atoms with Crippen LogP contribution in [0.25, 0.3) is 0 Å². The molecule has 0 aliphatic carbocycles. The third-order valence-corrected chi connectivity index (χ3v) is 3.31. The third-order valence-electron chi connectivity index (χ3n) is 3.31. The molecule has 0 bridgehead atoms. The van der Waals surface area contributed by atoms with E-state index in [0.29, 0.717) is 17.5 Å². The van der Waals surface area contributed by atoms with Crippen LogP contribution in [0.3, 0.4) is 0 Å². The van der Waals surface area contributed by atoms with Crippen LogP contribution in [0.15, 0.2) is 30.3 Å². The van der Waals surface area contributed by atoms with Crippen molar-refractivity contribution in [2.75, 3.05) is 22.5 Å². The number of nitrogens with zero attached hydrogens (tertiary/aromatic N) is 3. The fraction of sp³-hybridized carbons (Fsp3) is 0.267. The molecule has 6 heteroatoms. The average Bonchev–Trinajstić information content (AvgIpc) is 2.45. The average molecular weight is 283 g/mol. The molecule has 1 aliphatic rings. The van der Waals surface area contributed by atoms with Gasteiger partial charge in [0.15, 0.2) is 0 Å². The Labute approximate surface area is 123 Å². The number of carbonyl (C=O) groups excluding carboxylic acids is 1. The van der Waals surface area contributed by atoms with Gasteiger partial charge >= 0.3 is 0 Å². The number of anilines is 4. The Morgan fingerprint density at radius 1 is 1.29 bits per heavy atom. The van der Waals surface area contributed by atoms with E-state index in [-0.39, 0.29) is 18.4 Å². The van der Waals surface area contributed by atoms with Crippen molar-refractivity contribution in [2.45, 2.75) is 19.8 Å². The number of nitrogens with two attached hydrogens (primary N) is 1. The minimum absolute atomic E-state index is 0.0722. The van der Waals surface area contributed by atoms with E-state index in [1.54, 1.807) is 6.07 Å². The predicted molar refractivity (Wildman–Crippen MR) is 82.6 cm³/mol. The van der Waals surface area contributed by atoms with Gasteiger partial charge in [0.1, 0.15) is 24.0 Å². The van der Waals surface area contributed by atoms with Crippen LogP contribution in [0.1, 0.15) is 25.6 Å². The molecular formula is C15H17N5O. The molecule has 0 spiro atoms. The molecule has 0 saturated heterocycles. The van der Waals surface area contributed by atoms with Crippen molar-refractivity contribution in [2.24, 2.45) is 0 Å². The molecule has 2 heterocycles. The lowest BCUT2D eigenvalue weighted by Gasteiger charge is -2.30. The summed E-state index contributed by atoms with van der Waals surface area (Å²) in [6, 6.07) is 9.32. The van der Waals surface area contributed by atoms with Crippen LogP contribution in [0, 0.1) is 0 Å². The van der Waals surface area contributed by atoms with Gasteiger partial charge < -0.3 is 16.0 Å². The first-order valence-electron chi connectivity index (χ1n) is 6.85. The fourth-order valence-corrected chi connectivity index (χ4v) is 2.31. The van der Waals surface area contributed by atoms with Crippen LogP contribution in [0.2, 0.25) is 0 Å². The SMILES string of the molecule is CC(C)c1nc(N)cc(N2CC(=O)Nc3ccccc32)n1. The zero-order valence-electron chi connectivity index (χ0n) is 12.0. The van der Waals surface area contributed by atoms with Crippen LogP contribution in [0.4, 0.5) is 23.0 Å².